The molecule has 7 nitrogen and oxygen atoms in total. The molecule has 1 N–H and O–H groups in total. The van der Waals surface area contributed by atoms with Gasteiger partial charge >= 0.3 is 0 Å². The van der Waals surface area contributed by atoms with Gasteiger partial charge in [-0.15, -0.1) is 0 Å². The fraction of sp³-hybridized carbons (Fsp3) is 0.571. The highest BCUT2D eigenvalue weighted by Gasteiger charge is 2.41. The second-order valence-electron chi connectivity index (χ2n) is 7.42. The summed E-state index contributed by atoms with van der Waals surface area (Å²) >= 11 is 0. The van der Waals surface area contributed by atoms with Crippen LogP contribution in [0, 0.1) is 0 Å². The summed E-state index contributed by atoms with van der Waals surface area (Å²) in [6.45, 7) is 8.84. The minimum absolute atomic E-state index is 0.0336. The molecule has 2 aliphatic heterocycles. The molecule has 2 heterocycles. The number of carbonyl (C=O) groups excluding carboxylic acids is 3. The summed E-state index contributed by atoms with van der Waals surface area (Å²) in [6, 6.07) is 6.99. The van der Waals surface area contributed by atoms with E-state index in [1.54, 1.807) is 21.9 Å². The summed E-state index contributed by atoms with van der Waals surface area (Å²) in [4.78, 5) is 42.7. The van der Waals surface area contributed by atoms with Crippen LogP contribution in [0.2, 0.25) is 0 Å². The van der Waals surface area contributed by atoms with Crippen LogP contribution in [0.1, 0.15) is 42.6 Å². The maximum absolute atomic E-state index is 12.6. The lowest BCUT2D eigenvalue weighted by atomic mass is 10.1. The number of benzene rings is 1. The van der Waals surface area contributed by atoms with Gasteiger partial charge in [-0.3, -0.25) is 14.4 Å². The Morgan fingerprint density at radius 3 is 2.57 bits per heavy atom. The van der Waals surface area contributed by atoms with Crippen molar-refractivity contribution in [3.8, 4) is 0 Å². The fourth-order valence-corrected chi connectivity index (χ4v) is 3.95. The SMILES string of the molecule is CCN(CC)CCNC(=O)c1ccc(CN2CC(=O)N3CCC[C@H]3C2=O)cc1. The molecule has 7 heteroatoms. The number of rotatable bonds is 8. The van der Waals surface area contributed by atoms with E-state index >= 15 is 0 Å². The van der Waals surface area contributed by atoms with E-state index in [0.29, 0.717) is 25.2 Å². The third-order valence-electron chi connectivity index (χ3n) is 5.69. The topological polar surface area (TPSA) is 73.0 Å². The third kappa shape index (κ3) is 4.52. The number of hydrogen-bond donors (Lipinski definition) is 1. The lowest BCUT2D eigenvalue weighted by Crippen LogP contribution is -2.56. The average molecular weight is 386 g/mol. The van der Waals surface area contributed by atoms with Crippen molar-refractivity contribution in [2.24, 2.45) is 0 Å². The molecular formula is C21H30N4O3. The number of likely N-dealkylation sites (N-methyl/N-ethyl adjacent to an activating group) is 1. The van der Waals surface area contributed by atoms with Crippen molar-refractivity contribution >= 4 is 17.7 Å². The Balaban J connectivity index is 1.53. The smallest absolute Gasteiger partial charge is 0.251 e. The summed E-state index contributed by atoms with van der Waals surface area (Å²) < 4.78 is 0. The van der Waals surface area contributed by atoms with Gasteiger partial charge < -0.3 is 20.0 Å². The van der Waals surface area contributed by atoms with Gasteiger partial charge in [0.15, 0.2) is 0 Å². The number of amides is 3. The van der Waals surface area contributed by atoms with Crippen LogP contribution in [-0.4, -0.2) is 77.7 Å². The van der Waals surface area contributed by atoms with Gasteiger partial charge in [0.1, 0.15) is 12.6 Å². The molecule has 152 valence electrons. The Labute approximate surface area is 166 Å². The molecule has 0 aliphatic carbocycles. The van der Waals surface area contributed by atoms with E-state index in [-0.39, 0.29) is 30.3 Å². The number of piperazine rings is 1. The normalized spacial score (nSPS) is 19.3. The second-order valence-corrected chi connectivity index (χ2v) is 7.42. The van der Waals surface area contributed by atoms with E-state index in [1.807, 2.05) is 12.1 Å². The Kier molecular flexibility index (Phi) is 6.67. The van der Waals surface area contributed by atoms with Crippen molar-refractivity contribution in [3.63, 3.8) is 0 Å². The minimum atomic E-state index is -0.280. The van der Waals surface area contributed by atoms with E-state index in [9.17, 15) is 14.4 Å². The van der Waals surface area contributed by atoms with Crippen molar-refractivity contribution in [3.05, 3.63) is 35.4 Å². The monoisotopic (exact) mass is 386 g/mol. The van der Waals surface area contributed by atoms with Crippen molar-refractivity contribution in [2.45, 2.75) is 39.3 Å². The first-order chi connectivity index (χ1) is 13.5. The van der Waals surface area contributed by atoms with Crippen LogP contribution >= 0.6 is 0 Å². The highest BCUT2D eigenvalue weighted by molar-refractivity contribution is 5.95. The van der Waals surface area contributed by atoms with Crippen LogP contribution < -0.4 is 5.32 Å². The van der Waals surface area contributed by atoms with Crippen molar-refractivity contribution in [1.29, 1.82) is 0 Å². The number of nitrogens with zero attached hydrogens (tertiary/aromatic N) is 3. The van der Waals surface area contributed by atoms with Gasteiger partial charge in [-0.1, -0.05) is 26.0 Å². The zero-order chi connectivity index (χ0) is 20.1. The largest absolute Gasteiger partial charge is 0.351 e. The minimum Gasteiger partial charge on any atom is -0.351 e. The molecule has 0 bridgehead atoms. The van der Waals surface area contributed by atoms with Gasteiger partial charge in [-0.05, 0) is 43.6 Å². The van der Waals surface area contributed by atoms with Gasteiger partial charge in [0, 0.05) is 31.7 Å². The molecule has 1 aromatic rings. The number of carbonyl (C=O) groups is 3. The average Bonchev–Trinajstić information content (AvgIpc) is 3.20. The quantitative estimate of drug-likeness (QED) is 0.726. The molecule has 0 radical (unpaired) electrons. The van der Waals surface area contributed by atoms with E-state index in [2.05, 4.69) is 24.1 Å². The Morgan fingerprint density at radius 2 is 1.89 bits per heavy atom. The van der Waals surface area contributed by atoms with Gasteiger partial charge in [0.2, 0.25) is 11.8 Å². The molecule has 2 aliphatic rings. The molecule has 3 rings (SSSR count). The van der Waals surface area contributed by atoms with Crippen LogP contribution in [0.25, 0.3) is 0 Å². The number of fused-ring (bicyclic) bond motifs is 1. The van der Waals surface area contributed by atoms with Crippen LogP contribution in [-0.2, 0) is 16.1 Å². The maximum atomic E-state index is 12.6. The standard InChI is InChI=1S/C21H30N4O3/c1-3-23(4-2)13-11-22-20(27)17-9-7-16(8-10-17)14-24-15-19(26)25-12-5-6-18(25)21(24)28/h7-10,18H,3-6,11-15H2,1-2H3,(H,22,27)/t18-/m0/s1. The van der Waals surface area contributed by atoms with Crippen molar-refractivity contribution in [2.75, 3.05) is 39.3 Å². The molecule has 2 fully saturated rings. The van der Waals surface area contributed by atoms with E-state index in [4.69, 9.17) is 0 Å². The zero-order valence-electron chi connectivity index (χ0n) is 16.8. The van der Waals surface area contributed by atoms with E-state index < -0.39 is 0 Å². The molecule has 3 amide bonds. The molecule has 28 heavy (non-hydrogen) atoms. The molecular weight excluding hydrogens is 356 g/mol. The molecule has 2 saturated heterocycles. The Morgan fingerprint density at radius 1 is 1.18 bits per heavy atom. The molecule has 0 unspecified atom stereocenters. The van der Waals surface area contributed by atoms with Gasteiger partial charge in [-0.2, -0.15) is 0 Å². The van der Waals surface area contributed by atoms with Gasteiger partial charge in [0.05, 0.1) is 0 Å². The van der Waals surface area contributed by atoms with Crippen molar-refractivity contribution < 1.29 is 14.4 Å². The lowest BCUT2D eigenvalue weighted by molar-refractivity contribution is -0.154. The van der Waals surface area contributed by atoms with Crippen LogP contribution in [0.3, 0.4) is 0 Å². The summed E-state index contributed by atoms with van der Waals surface area (Å²) in [5, 5.41) is 2.94. The summed E-state index contributed by atoms with van der Waals surface area (Å²) in [5.74, 6) is -0.0221. The highest BCUT2D eigenvalue weighted by Crippen LogP contribution is 2.24. The van der Waals surface area contributed by atoms with Gasteiger partial charge in [-0.25, -0.2) is 0 Å². The second kappa shape index (κ2) is 9.19. The van der Waals surface area contributed by atoms with Crippen LogP contribution in [0.15, 0.2) is 24.3 Å². The lowest BCUT2D eigenvalue weighted by Gasteiger charge is -2.36. The summed E-state index contributed by atoms with van der Waals surface area (Å²) in [6.07, 6.45) is 1.65. The highest BCUT2D eigenvalue weighted by atomic mass is 16.2. The molecule has 1 atom stereocenters. The first-order valence-electron chi connectivity index (χ1n) is 10.2. The summed E-state index contributed by atoms with van der Waals surface area (Å²) in [7, 11) is 0. The third-order valence-corrected chi connectivity index (χ3v) is 5.69. The van der Waals surface area contributed by atoms with E-state index in [1.165, 1.54) is 0 Å². The fourth-order valence-electron chi connectivity index (χ4n) is 3.95. The number of hydrogen-bond acceptors (Lipinski definition) is 4. The van der Waals surface area contributed by atoms with Crippen LogP contribution in [0.4, 0.5) is 0 Å². The predicted molar refractivity (Wildman–Crippen MR) is 107 cm³/mol. The zero-order valence-corrected chi connectivity index (χ0v) is 16.8. The van der Waals surface area contributed by atoms with Crippen LogP contribution in [0.5, 0.6) is 0 Å². The Bertz CT molecular complexity index is 715. The first-order valence-corrected chi connectivity index (χ1v) is 10.2. The summed E-state index contributed by atoms with van der Waals surface area (Å²) in [5.41, 5.74) is 1.53. The first kappa shape index (κ1) is 20.3. The maximum Gasteiger partial charge on any atom is 0.251 e. The predicted octanol–water partition coefficient (Wildman–Crippen LogP) is 1.09. The molecule has 0 spiro atoms. The number of nitrogens with one attached hydrogen (secondary N) is 1. The molecule has 0 aromatic heterocycles. The van der Waals surface area contributed by atoms with Gasteiger partial charge in [0.25, 0.3) is 5.91 Å². The van der Waals surface area contributed by atoms with E-state index in [0.717, 1.165) is 38.0 Å². The molecule has 1 aromatic carbocycles. The molecule has 0 saturated carbocycles. The van der Waals surface area contributed by atoms with Crippen molar-refractivity contribution in [1.82, 2.24) is 20.0 Å². The Hall–Kier alpha value is -2.41.